The second-order valence-corrected chi connectivity index (χ2v) is 12.6. The van der Waals surface area contributed by atoms with Crippen LogP contribution in [0.1, 0.15) is 45.7 Å². The molecule has 0 N–H and O–H groups in total. The van der Waals surface area contributed by atoms with E-state index in [4.69, 9.17) is 0 Å². The van der Waals surface area contributed by atoms with Crippen molar-refractivity contribution in [3.05, 3.63) is 203 Å². The molecular formula is C46H36N2. The van der Waals surface area contributed by atoms with Gasteiger partial charge >= 0.3 is 0 Å². The average molecular weight is 617 g/mol. The first-order valence-corrected chi connectivity index (χ1v) is 16.8. The van der Waals surface area contributed by atoms with Gasteiger partial charge in [-0.25, -0.2) is 9.97 Å². The van der Waals surface area contributed by atoms with Crippen molar-refractivity contribution in [3.8, 4) is 33.6 Å². The van der Waals surface area contributed by atoms with Gasteiger partial charge in [0.15, 0.2) is 5.82 Å². The normalized spacial score (nSPS) is 13.8. The molecule has 1 atom stereocenters. The zero-order chi connectivity index (χ0) is 32.1. The van der Waals surface area contributed by atoms with E-state index in [1.807, 2.05) is 6.07 Å². The maximum absolute atomic E-state index is 4.41. The molecule has 0 aliphatic heterocycles. The fourth-order valence-electron chi connectivity index (χ4n) is 7.04. The van der Waals surface area contributed by atoms with Gasteiger partial charge in [0.1, 0.15) is 0 Å². The second-order valence-electron chi connectivity index (χ2n) is 12.6. The van der Waals surface area contributed by atoms with Crippen LogP contribution in [0.5, 0.6) is 0 Å². The molecule has 2 nitrogen and oxygen atoms in total. The molecule has 1 aliphatic carbocycles. The van der Waals surface area contributed by atoms with E-state index in [-0.39, 0.29) is 0 Å². The van der Waals surface area contributed by atoms with Crippen molar-refractivity contribution < 1.29 is 0 Å². The lowest BCUT2D eigenvalue weighted by atomic mass is 9.76. The van der Waals surface area contributed by atoms with E-state index in [1.165, 1.54) is 55.6 Å². The fraction of sp³-hybridized carbons (Fsp3) is 0.0870. The Labute approximate surface area is 283 Å². The molecule has 6 aromatic carbocycles. The number of nitrogens with zero attached hydrogens (tertiary/aromatic N) is 2. The van der Waals surface area contributed by atoms with E-state index in [2.05, 4.69) is 168 Å². The lowest BCUT2D eigenvalue weighted by molar-refractivity contribution is 0.616. The number of fused-ring (bicyclic) bond motifs is 3. The molecule has 0 amide bonds. The fourth-order valence-corrected chi connectivity index (χ4v) is 7.04. The van der Waals surface area contributed by atoms with Crippen molar-refractivity contribution in [1.82, 2.24) is 9.97 Å². The Morgan fingerprint density at radius 2 is 1.12 bits per heavy atom. The summed E-state index contributed by atoms with van der Waals surface area (Å²) in [5, 5.41) is 0. The lowest BCUT2D eigenvalue weighted by Gasteiger charge is -2.28. The number of aryl methyl sites for hydroxylation is 1. The molecule has 1 aliphatic rings. The summed E-state index contributed by atoms with van der Waals surface area (Å²) in [4.78, 5) is 8.83. The summed E-state index contributed by atoms with van der Waals surface area (Å²) in [6.07, 6.45) is 9.16. The van der Waals surface area contributed by atoms with Crippen LogP contribution in [0.2, 0.25) is 0 Å². The highest BCUT2D eigenvalue weighted by molar-refractivity contribution is 5.92. The summed E-state index contributed by atoms with van der Waals surface area (Å²) in [7, 11) is 0. The minimum absolute atomic E-state index is 0.546. The van der Waals surface area contributed by atoms with Gasteiger partial charge in [0.2, 0.25) is 0 Å². The highest BCUT2D eigenvalue weighted by atomic mass is 14.8. The Morgan fingerprint density at radius 3 is 1.83 bits per heavy atom. The Hall–Kier alpha value is -5.86. The minimum atomic E-state index is 0.546. The Morgan fingerprint density at radius 1 is 0.542 bits per heavy atom. The predicted molar refractivity (Wildman–Crippen MR) is 199 cm³/mol. The predicted octanol–water partition coefficient (Wildman–Crippen LogP) is 11.3. The Kier molecular flexibility index (Phi) is 8.29. The molecule has 1 unspecified atom stereocenters. The first kappa shape index (κ1) is 29.5. The molecule has 0 saturated heterocycles. The van der Waals surface area contributed by atoms with Crippen LogP contribution >= 0.6 is 0 Å². The molecule has 0 fully saturated rings. The third kappa shape index (κ3) is 6.26. The minimum Gasteiger partial charge on any atom is -0.237 e. The summed E-state index contributed by atoms with van der Waals surface area (Å²) >= 11 is 0. The van der Waals surface area contributed by atoms with E-state index in [9.17, 15) is 0 Å². The Balaban J connectivity index is 0.999. The van der Waals surface area contributed by atoms with Crippen LogP contribution in [0.25, 0.3) is 45.3 Å². The van der Waals surface area contributed by atoms with Gasteiger partial charge in [-0.05, 0) is 98.5 Å². The Bertz CT molecular complexity index is 2160. The van der Waals surface area contributed by atoms with Crippen LogP contribution in [-0.4, -0.2) is 9.97 Å². The van der Waals surface area contributed by atoms with Crippen LogP contribution < -0.4 is 0 Å². The van der Waals surface area contributed by atoms with E-state index < -0.39 is 0 Å². The highest BCUT2D eigenvalue weighted by Crippen LogP contribution is 2.41. The zero-order valence-electron chi connectivity index (χ0n) is 26.8. The topological polar surface area (TPSA) is 25.8 Å². The summed E-state index contributed by atoms with van der Waals surface area (Å²) in [5.41, 5.74) is 15.3. The van der Waals surface area contributed by atoms with Crippen molar-refractivity contribution in [2.24, 2.45) is 0 Å². The quantitative estimate of drug-likeness (QED) is 0.159. The third-order valence-electron chi connectivity index (χ3n) is 9.57. The van der Waals surface area contributed by atoms with Gasteiger partial charge in [-0.1, -0.05) is 152 Å². The molecule has 1 heterocycles. The first-order valence-electron chi connectivity index (χ1n) is 16.8. The molecule has 230 valence electrons. The van der Waals surface area contributed by atoms with Gasteiger partial charge in [0.05, 0.1) is 0 Å². The molecule has 8 rings (SSSR count). The molecule has 7 aromatic rings. The second kappa shape index (κ2) is 13.5. The van der Waals surface area contributed by atoms with E-state index in [0.717, 1.165) is 36.2 Å². The summed E-state index contributed by atoms with van der Waals surface area (Å²) < 4.78 is 0. The monoisotopic (exact) mass is 616 g/mol. The maximum Gasteiger partial charge on any atom is 0.159 e. The SMILES string of the molecule is C(=C(\c1ccc(-c2ccc(CCC3Cc4ccccc4-c4ccccc43)cc2)cc1)c1ccc(-c2ncccn2)cc1)/c1ccccc1. The van der Waals surface area contributed by atoms with Crippen LogP contribution in [0, 0.1) is 0 Å². The molecule has 2 heteroatoms. The van der Waals surface area contributed by atoms with E-state index >= 15 is 0 Å². The summed E-state index contributed by atoms with van der Waals surface area (Å²) in [6, 6.07) is 56.9. The standard InChI is InChI=1S/C46H36N2/c1-2-9-34(10-3-1)31-45(38-25-27-39(28-26-38)46-47-29-8-30-48-46)37-23-21-36(22-24-37)35-18-15-33(16-19-35)17-20-41-32-40-11-4-5-12-42(40)44-14-7-6-13-43(41)44/h1-16,18-19,21-31,41H,17,20,32H2/b45-31-. The smallest absolute Gasteiger partial charge is 0.159 e. The van der Waals surface area contributed by atoms with Crippen LogP contribution in [0.15, 0.2) is 170 Å². The van der Waals surface area contributed by atoms with E-state index in [1.54, 1.807) is 12.4 Å². The molecule has 1 aromatic heterocycles. The van der Waals surface area contributed by atoms with Crippen molar-refractivity contribution in [2.45, 2.75) is 25.2 Å². The molecule has 0 spiro atoms. The number of rotatable bonds is 8. The lowest BCUT2D eigenvalue weighted by Crippen LogP contribution is -2.12. The summed E-state index contributed by atoms with van der Waals surface area (Å²) in [5.74, 6) is 1.28. The largest absolute Gasteiger partial charge is 0.237 e. The molecule has 0 bridgehead atoms. The van der Waals surface area contributed by atoms with Crippen molar-refractivity contribution in [1.29, 1.82) is 0 Å². The number of benzene rings is 6. The van der Waals surface area contributed by atoms with Gasteiger partial charge in [-0.2, -0.15) is 0 Å². The van der Waals surface area contributed by atoms with Crippen molar-refractivity contribution in [3.63, 3.8) is 0 Å². The van der Waals surface area contributed by atoms with Gasteiger partial charge in [-0.3, -0.25) is 0 Å². The summed E-state index contributed by atoms with van der Waals surface area (Å²) in [6.45, 7) is 0. The molecule has 48 heavy (non-hydrogen) atoms. The molecule has 0 radical (unpaired) electrons. The van der Waals surface area contributed by atoms with Crippen molar-refractivity contribution >= 4 is 11.6 Å². The van der Waals surface area contributed by atoms with Crippen molar-refractivity contribution in [2.75, 3.05) is 0 Å². The van der Waals surface area contributed by atoms with Gasteiger partial charge < -0.3 is 0 Å². The van der Waals surface area contributed by atoms with Crippen LogP contribution in [0.3, 0.4) is 0 Å². The highest BCUT2D eigenvalue weighted by Gasteiger charge is 2.23. The average Bonchev–Trinajstić information content (AvgIpc) is 3.17. The molecular weight excluding hydrogens is 581 g/mol. The van der Waals surface area contributed by atoms with Gasteiger partial charge in [-0.15, -0.1) is 0 Å². The number of hydrogen-bond acceptors (Lipinski definition) is 2. The maximum atomic E-state index is 4.41. The number of hydrogen-bond donors (Lipinski definition) is 0. The number of aromatic nitrogens is 2. The van der Waals surface area contributed by atoms with E-state index in [0.29, 0.717) is 5.92 Å². The first-order chi connectivity index (χ1) is 23.8. The van der Waals surface area contributed by atoms with Gasteiger partial charge in [0.25, 0.3) is 0 Å². The third-order valence-corrected chi connectivity index (χ3v) is 9.57. The zero-order valence-corrected chi connectivity index (χ0v) is 26.8. The molecule has 0 saturated carbocycles. The van der Waals surface area contributed by atoms with Crippen LogP contribution in [0.4, 0.5) is 0 Å². The van der Waals surface area contributed by atoms with Crippen LogP contribution in [-0.2, 0) is 12.8 Å². The van der Waals surface area contributed by atoms with Gasteiger partial charge in [0, 0.05) is 18.0 Å².